The summed E-state index contributed by atoms with van der Waals surface area (Å²) in [5, 5.41) is 3.40. The van der Waals surface area contributed by atoms with Gasteiger partial charge in [0.15, 0.2) is 0 Å². The van der Waals surface area contributed by atoms with Crippen molar-refractivity contribution in [1.29, 1.82) is 0 Å². The summed E-state index contributed by atoms with van der Waals surface area (Å²) in [5.74, 6) is 0. The topological polar surface area (TPSA) is 15.3 Å². The van der Waals surface area contributed by atoms with E-state index in [1.54, 1.807) is 0 Å². The van der Waals surface area contributed by atoms with E-state index in [9.17, 15) is 0 Å². The highest BCUT2D eigenvalue weighted by molar-refractivity contribution is 5.27. The molecule has 18 heavy (non-hydrogen) atoms. The molecule has 2 heteroatoms. The highest BCUT2D eigenvalue weighted by Crippen LogP contribution is 2.12. The van der Waals surface area contributed by atoms with Gasteiger partial charge in [-0.3, -0.25) is 4.90 Å². The average molecular weight is 246 g/mol. The lowest BCUT2D eigenvalue weighted by Gasteiger charge is -2.22. The lowest BCUT2D eigenvalue weighted by Crippen LogP contribution is -2.25. The second-order valence-electron chi connectivity index (χ2n) is 4.81. The van der Waals surface area contributed by atoms with Crippen molar-refractivity contribution in [1.82, 2.24) is 10.2 Å². The van der Waals surface area contributed by atoms with Gasteiger partial charge in [0.2, 0.25) is 0 Å². The Morgan fingerprint density at radius 1 is 1.22 bits per heavy atom. The maximum absolute atomic E-state index is 4.00. The van der Waals surface area contributed by atoms with Gasteiger partial charge in [0.1, 0.15) is 0 Å². The van der Waals surface area contributed by atoms with Crippen molar-refractivity contribution >= 4 is 0 Å². The van der Waals surface area contributed by atoms with E-state index in [0.29, 0.717) is 0 Å². The van der Waals surface area contributed by atoms with Crippen LogP contribution in [-0.2, 0) is 13.1 Å². The van der Waals surface area contributed by atoms with Crippen LogP contribution in [-0.4, -0.2) is 24.5 Å². The van der Waals surface area contributed by atoms with E-state index in [1.807, 2.05) is 0 Å². The fraction of sp³-hybridized carbons (Fsp3) is 0.500. The Hall–Kier alpha value is -1.12. The maximum Gasteiger partial charge on any atom is 0.0240 e. The maximum atomic E-state index is 4.00. The van der Waals surface area contributed by atoms with Crippen LogP contribution in [0.15, 0.2) is 36.4 Å². The van der Waals surface area contributed by atoms with Crippen molar-refractivity contribution in [2.45, 2.75) is 33.9 Å². The first kappa shape index (κ1) is 14.9. The van der Waals surface area contributed by atoms with Crippen molar-refractivity contribution in [2.75, 3.05) is 19.6 Å². The van der Waals surface area contributed by atoms with Crippen LogP contribution >= 0.6 is 0 Å². The van der Waals surface area contributed by atoms with E-state index in [0.717, 1.165) is 32.7 Å². The molecule has 0 bridgehead atoms. The van der Waals surface area contributed by atoms with E-state index in [4.69, 9.17) is 0 Å². The molecular formula is C16H26N2. The SMILES string of the molecule is C=C(C)CN(CC)Cc1ccccc1CNCC. The molecule has 0 spiro atoms. The van der Waals surface area contributed by atoms with E-state index < -0.39 is 0 Å². The molecule has 0 amide bonds. The molecule has 1 rings (SSSR count). The Balaban J connectivity index is 2.71. The number of nitrogens with one attached hydrogen (secondary N) is 1. The van der Waals surface area contributed by atoms with Crippen molar-refractivity contribution in [3.63, 3.8) is 0 Å². The predicted molar refractivity (Wildman–Crippen MR) is 79.6 cm³/mol. The summed E-state index contributed by atoms with van der Waals surface area (Å²) in [6.07, 6.45) is 0. The van der Waals surface area contributed by atoms with Gasteiger partial charge in [-0.05, 0) is 31.1 Å². The minimum atomic E-state index is 0.956. The number of rotatable bonds is 8. The molecule has 0 saturated heterocycles. The summed E-state index contributed by atoms with van der Waals surface area (Å²) in [5.41, 5.74) is 4.04. The summed E-state index contributed by atoms with van der Waals surface area (Å²) >= 11 is 0. The molecule has 2 nitrogen and oxygen atoms in total. The summed E-state index contributed by atoms with van der Waals surface area (Å²) < 4.78 is 0. The Labute approximate surface area is 112 Å². The molecule has 0 aromatic heterocycles. The van der Waals surface area contributed by atoms with Crippen molar-refractivity contribution in [3.8, 4) is 0 Å². The van der Waals surface area contributed by atoms with Crippen molar-refractivity contribution in [3.05, 3.63) is 47.5 Å². The third kappa shape index (κ3) is 5.03. The number of benzene rings is 1. The van der Waals surface area contributed by atoms with Crippen LogP contribution in [0, 0.1) is 0 Å². The van der Waals surface area contributed by atoms with Gasteiger partial charge in [0.05, 0.1) is 0 Å². The first-order valence-corrected chi connectivity index (χ1v) is 6.81. The Kier molecular flexibility index (Phi) is 6.69. The van der Waals surface area contributed by atoms with Gasteiger partial charge in [-0.15, -0.1) is 0 Å². The van der Waals surface area contributed by atoms with E-state index in [2.05, 4.69) is 61.8 Å². The average Bonchev–Trinajstić information content (AvgIpc) is 2.36. The monoisotopic (exact) mass is 246 g/mol. The van der Waals surface area contributed by atoms with Crippen LogP contribution in [0.3, 0.4) is 0 Å². The second-order valence-corrected chi connectivity index (χ2v) is 4.81. The molecule has 100 valence electrons. The normalized spacial score (nSPS) is 10.9. The Morgan fingerprint density at radius 2 is 1.89 bits per heavy atom. The molecule has 0 aliphatic carbocycles. The van der Waals surface area contributed by atoms with Gasteiger partial charge >= 0.3 is 0 Å². The van der Waals surface area contributed by atoms with Gasteiger partial charge in [-0.1, -0.05) is 50.3 Å². The Morgan fingerprint density at radius 3 is 2.44 bits per heavy atom. The zero-order valence-electron chi connectivity index (χ0n) is 12.0. The number of likely N-dealkylation sites (N-methyl/N-ethyl adjacent to an activating group) is 1. The molecule has 0 saturated carbocycles. The molecule has 0 aliphatic heterocycles. The van der Waals surface area contributed by atoms with Crippen LogP contribution in [0.2, 0.25) is 0 Å². The molecule has 1 N–H and O–H groups in total. The standard InChI is InChI=1S/C16H26N2/c1-5-17-11-15-9-7-8-10-16(15)13-18(6-2)12-14(3)4/h7-10,17H,3,5-6,11-13H2,1-2,4H3. The van der Waals surface area contributed by atoms with Crippen LogP contribution in [0.1, 0.15) is 31.9 Å². The molecule has 0 unspecified atom stereocenters. The van der Waals surface area contributed by atoms with Gasteiger partial charge in [0, 0.05) is 19.6 Å². The molecular weight excluding hydrogens is 220 g/mol. The fourth-order valence-electron chi connectivity index (χ4n) is 2.05. The van der Waals surface area contributed by atoms with Crippen LogP contribution < -0.4 is 5.32 Å². The molecule has 0 atom stereocenters. The Bertz CT molecular complexity index is 371. The lowest BCUT2D eigenvalue weighted by atomic mass is 10.1. The molecule has 1 aromatic rings. The number of hydrogen-bond acceptors (Lipinski definition) is 2. The molecule has 0 radical (unpaired) electrons. The quantitative estimate of drug-likeness (QED) is 0.709. The lowest BCUT2D eigenvalue weighted by molar-refractivity contribution is 0.303. The third-order valence-corrected chi connectivity index (χ3v) is 3.02. The van der Waals surface area contributed by atoms with E-state index in [1.165, 1.54) is 16.7 Å². The molecule has 1 aromatic carbocycles. The number of hydrogen-bond donors (Lipinski definition) is 1. The van der Waals surface area contributed by atoms with Gasteiger partial charge < -0.3 is 5.32 Å². The number of nitrogens with zero attached hydrogens (tertiary/aromatic N) is 1. The van der Waals surface area contributed by atoms with Gasteiger partial charge in [-0.25, -0.2) is 0 Å². The first-order chi connectivity index (χ1) is 8.67. The zero-order valence-corrected chi connectivity index (χ0v) is 12.0. The molecule has 0 fully saturated rings. The van der Waals surface area contributed by atoms with E-state index >= 15 is 0 Å². The van der Waals surface area contributed by atoms with Gasteiger partial charge in [-0.2, -0.15) is 0 Å². The largest absolute Gasteiger partial charge is 0.313 e. The summed E-state index contributed by atoms with van der Waals surface area (Å²) in [6, 6.07) is 8.69. The van der Waals surface area contributed by atoms with Crippen molar-refractivity contribution < 1.29 is 0 Å². The second kappa shape index (κ2) is 8.06. The first-order valence-electron chi connectivity index (χ1n) is 6.81. The zero-order chi connectivity index (χ0) is 13.4. The smallest absolute Gasteiger partial charge is 0.0240 e. The van der Waals surface area contributed by atoms with Crippen molar-refractivity contribution in [2.24, 2.45) is 0 Å². The minimum absolute atomic E-state index is 0.956. The molecule has 0 aliphatic rings. The summed E-state index contributed by atoms with van der Waals surface area (Å²) in [6.45, 7) is 15.4. The van der Waals surface area contributed by atoms with Gasteiger partial charge in [0.25, 0.3) is 0 Å². The summed E-state index contributed by atoms with van der Waals surface area (Å²) in [7, 11) is 0. The highest BCUT2D eigenvalue weighted by Gasteiger charge is 2.07. The van der Waals surface area contributed by atoms with E-state index in [-0.39, 0.29) is 0 Å². The summed E-state index contributed by atoms with van der Waals surface area (Å²) in [4.78, 5) is 2.42. The van der Waals surface area contributed by atoms with Crippen LogP contribution in [0.25, 0.3) is 0 Å². The highest BCUT2D eigenvalue weighted by atomic mass is 15.1. The fourth-order valence-corrected chi connectivity index (χ4v) is 2.05. The molecule has 0 heterocycles. The minimum Gasteiger partial charge on any atom is -0.313 e. The van der Waals surface area contributed by atoms with Crippen LogP contribution in [0.4, 0.5) is 0 Å². The van der Waals surface area contributed by atoms with Crippen LogP contribution in [0.5, 0.6) is 0 Å². The predicted octanol–water partition coefficient (Wildman–Crippen LogP) is 3.19. The third-order valence-electron chi connectivity index (χ3n) is 3.02.